The summed E-state index contributed by atoms with van der Waals surface area (Å²) in [7, 11) is 0. The molecule has 1 N–H and O–H groups in total. The van der Waals surface area contributed by atoms with Crippen LogP contribution in [0.4, 0.5) is 0 Å². The number of hydrogen-bond donors (Lipinski definition) is 1. The Labute approximate surface area is 174 Å². The monoisotopic (exact) mass is 408 g/mol. The lowest BCUT2D eigenvalue weighted by Gasteiger charge is -2.30. The second kappa shape index (κ2) is 8.33. The molecule has 1 aliphatic heterocycles. The number of nitrogens with zero attached hydrogens (tertiary/aromatic N) is 2. The van der Waals surface area contributed by atoms with Crippen LogP contribution in [0, 0.1) is 12.8 Å². The molecule has 1 aromatic heterocycles. The summed E-state index contributed by atoms with van der Waals surface area (Å²) in [5.74, 6) is -1.26. The zero-order chi connectivity index (χ0) is 20.4. The van der Waals surface area contributed by atoms with E-state index in [9.17, 15) is 14.7 Å². The molecule has 150 valence electrons. The van der Waals surface area contributed by atoms with Crippen LogP contribution >= 0.6 is 11.3 Å². The van der Waals surface area contributed by atoms with E-state index in [-0.39, 0.29) is 5.91 Å². The number of hydrogen-bond acceptors (Lipinski definition) is 4. The van der Waals surface area contributed by atoms with Gasteiger partial charge >= 0.3 is 5.97 Å². The molecule has 1 saturated heterocycles. The van der Waals surface area contributed by atoms with Crippen molar-refractivity contribution in [3.8, 4) is 0 Å². The maximum absolute atomic E-state index is 12.7. The van der Waals surface area contributed by atoms with Crippen LogP contribution in [-0.2, 0) is 22.4 Å². The van der Waals surface area contributed by atoms with Crippen LogP contribution in [0.15, 0.2) is 42.5 Å². The zero-order valence-corrected chi connectivity index (χ0v) is 17.2. The van der Waals surface area contributed by atoms with Gasteiger partial charge in [-0.2, -0.15) is 0 Å². The number of piperidine rings is 1. The number of carboxylic acid groups (broad SMARTS) is 1. The second-order valence-electron chi connectivity index (χ2n) is 7.63. The SMILES string of the molecule is Cc1nc(Cc2cccc3ccccc23)sc1CC(=O)N1CCCC(C(=O)O)C1. The number of carbonyl (C=O) groups excluding carboxylic acids is 1. The van der Waals surface area contributed by atoms with Crippen molar-refractivity contribution in [2.45, 2.75) is 32.6 Å². The lowest BCUT2D eigenvalue weighted by atomic mass is 9.98. The van der Waals surface area contributed by atoms with Crippen LogP contribution in [0.2, 0.25) is 0 Å². The highest BCUT2D eigenvalue weighted by molar-refractivity contribution is 7.11. The van der Waals surface area contributed by atoms with Gasteiger partial charge < -0.3 is 10.0 Å². The molecular formula is C23H24N2O3S. The Balaban J connectivity index is 1.48. The van der Waals surface area contributed by atoms with Crippen molar-refractivity contribution < 1.29 is 14.7 Å². The van der Waals surface area contributed by atoms with E-state index in [0.717, 1.165) is 28.4 Å². The summed E-state index contributed by atoms with van der Waals surface area (Å²) >= 11 is 1.59. The van der Waals surface area contributed by atoms with E-state index in [1.165, 1.54) is 16.3 Å². The third kappa shape index (κ3) is 4.32. The number of carboxylic acids is 1. The average Bonchev–Trinajstić information content (AvgIpc) is 3.07. The van der Waals surface area contributed by atoms with Gasteiger partial charge in [-0.05, 0) is 36.1 Å². The van der Waals surface area contributed by atoms with Gasteiger partial charge in [-0.3, -0.25) is 9.59 Å². The number of rotatable bonds is 5. The summed E-state index contributed by atoms with van der Waals surface area (Å²) in [6.45, 7) is 2.90. The second-order valence-corrected chi connectivity index (χ2v) is 8.79. The molecule has 29 heavy (non-hydrogen) atoms. The molecule has 2 aromatic carbocycles. The van der Waals surface area contributed by atoms with Crippen molar-refractivity contribution in [3.05, 3.63) is 63.6 Å². The summed E-state index contributed by atoms with van der Waals surface area (Å²) in [6, 6.07) is 14.6. The highest BCUT2D eigenvalue weighted by Gasteiger charge is 2.28. The van der Waals surface area contributed by atoms with E-state index < -0.39 is 11.9 Å². The van der Waals surface area contributed by atoms with Crippen molar-refractivity contribution in [3.63, 3.8) is 0 Å². The quantitative estimate of drug-likeness (QED) is 0.691. The summed E-state index contributed by atoms with van der Waals surface area (Å²) in [4.78, 5) is 31.4. The summed E-state index contributed by atoms with van der Waals surface area (Å²) in [5.41, 5.74) is 2.13. The lowest BCUT2D eigenvalue weighted by Crippen LogP contribution is -2.42. The average molecular weight is 409 g/mol. The van der Waals surface area contributed by atoms with Gasteiger partial charge in [0.05, 0.1) is 23.0 Å². The molecule has 1 amide bonds. The molecule has 3 aromatic rings. The van der Waals surface area contributed by atoms with Crippen LogP contribution in [-0.4, -0.2) is 40.0 Å². The molecular weight excluding hydrogens is 384 g/mol. The Bertz CT molecular complexity index is 1050. The van der Waals surface area contributed by atoms with E-state index in [1.54, 1.807) is 16.2 Å². The number of carbonyl (C=O) groups is 2. The van der Waals surface area contributed by atoms with E-state index in [1.807, 2.05) is 19.1 Å². The normalized spacial score (nSPS) is 16.9. The summed E-state index contributed by atoms with van der Waals surface area (Å²) in [6.07, 6.45) is 2.43. The number of fused-ring (bicyclic) bond motifs is 1. The molecule has 1 fully saturated rings. The first-order valence-electron chi connectivity index (χ1n) is 9.93. The van der Waals surface area contributed by atoms with Crippen molar-refractivity contribution in [2.24, 2.45) is 5.92 Å². The molecule has 1 aliphatic rings. The fraction of sp³-hybridized carbons (Fsp3) is 0.348. The van der Waals surface area contributed by atoms with Crippen molar-refractivity contribution in [2.75, 3.05) is 13.1 Å². The molecule has 0 aliphatic carbocycles. The highest BCUT2D eigenvalue weighted by Crippen LogP contribution is 2.26. The molecule has 4 rings (SSSR count). The molecule has 6 heteroatoms. The Hall–Kier alpha value is -2.73. The Morgan fingerprint density at radius 1 is 1.21 bits per heavy atom. The first-order chi connectivity index (χ1) is 14.0. The largest absolute Gasteiger partial charge is 0.481 e. The molecule has 0 spiro atoms. The van der Waals surface area contributed by atoms with Crippen LogP contribution in [0.1, 0.15) is 34.0 Å². The minimum atomic E-state index is -0.811. The number of thiazole rings is 1. The fourth-order valence-electron chi connectivity index (χ4n) is 3.99. The van der Waals surface area contributed by atoms with Gasteiger partial charge in [0.2, 0.25) is 5.91 Å². The number of aliphatic carboxylic acids is 1. The number of aryl methyl sites for hydroxylation is 1. The van der Waals surface area contributed by atoms with Gasteiger partial charge in [-0.15, -0.1) is 11.3 Å². The summed E-state index contributed by atoms with van der Waals surface area (Å²) < 4.78 is 0. The summed E-state index contributed by atoms with van der Waals surface area (Å²) in [5, 5.41) is 12.7. The first kappa shape index (κ1) is 19.6. The Morgan fingerprint density at radius 3 is 2.83 bits per heavy atom. The predicted molar refractivity (Wildman–Crippen MR) is 114 cm³/mol. The third-order valence-corrected chi connectivity index (χ3v) is 6.75. The van der Waals surface area contributed by atoms with E-state index >= 15 is 0 Å². The molecule has 1 atom stereocenters. The molecule has 0 saturated carbocycles. The zero-order valence-electron chi connectivity index (χ0n) is 16.4. The van der Waals surface area contributed by atoms with Gasteiger partial charge in [0, 0.05) is 24.4 Å². The molecule has 1 unspecified atom stereocenters. The first-order valence-corrected chi connectivity index (χ1v) is 10.8. The van der Waals surface area contributed by atoms with Gasteiger partial charge in [0.1, 0.15) is 0 Å². The maximum Gasteiger partial charge on any atom is 0.308 e. The highest BCUT2D eigenvalue weighted by atomic mass is 32.1. The number of amides is 1. The topological polar surface area (TPSA) is 70.5 Å². The predicted octanol–water partition coefficient (Wildman–Crippen LogP) is 4.06. The van der Waals surface area contributed by atoms with E-state index in [0.29, 0.717) is 25.9 Å². The number of benzene rings is 2. The van der Waals surface area contributed by atoms with Crippen molar-refractivity contribution in [1.29, 1.82) is 0 Å². The standard InChI is InChI=1S/C23H24N2O3S/c1-15-20(13-22(26)25-11-5-9-18(14-25)23(27)28)29-21(24-15)12-17-8-4-7-16-6-2-3-10-19(16)17/h2-4,6-8,10,18H,5,9,11-14H2,1H3,(H,27,28). The van der Waals surface area contributed by atoms with Crippen molar-refractivity contribution in [1.82, 2.24) is 9.88 Å². The van der Waals surface area contributed by atoms with Gasteiger partial charge in [0.15, 0.2) is 0 Å². The molecule has 2 heterocycles. The lowest BCUT2D eigenvalue weighted by molar-refractivity contribution is -0.145. The molecule has 5 nitrogen and oxygen atoms in total. The van der Waals surface area contributed by atoms with Gasteiger partial charge in [0.25, 0.3) is 0 Å². The fourth-order valence-corrected chi connectivity index (χ4v) is 5.08. The maximum atomic E-state index is 12.7. The minimum absolute atomic E-state index is 0.000545. The molecule has 0 bridgehead atoms. The van der Waals surface area contributed by atoms with E-state index in [2.05, 4.69) is 30.3 Å². The van der Waals surface area contributed by atoms with Crippen LogP contribution in [0.5, 0.6) is 0 Å². The smallest absolute Gasteiger partial charge is 0.308 e. The molecule has 0 radical (unpaired) electrons. The third-order valence-electron chi connectivity index (χ3n) is 5.59. The number of likely N-dealkylation sites (tertiary alicyclic amines) is 1. The van der Waals surface area contributed by atoms with Crippen molar-refractivity contribution >= 4 is 34.0 Å². The Morgan fingerprint density at radius 2 is 2.00 bits per heavy atom. The minimum Gasteiger partial charge on any atom is -0.481 e. The Kier molecular flexibility index (Phi) is 5.62. The number of aromatic nitrogens is 1. The van der Waals surface area contributed by atoms with Crippen LogP contribution < -0.4 is 0 Å². The van der Waals surface area contributed by atoms with E-state index in [4.69, 9.17) is 4.98 Å². The van der Waals surface area contributed by atoms with Crippen LogP contribution in [0.3, 0.4) is 0 Å². The van der Waals surface area contributed by atoms with Gasteiger partial charge in [-0.25, -0.2) is 4.98 Å². The van der Waals surface area contributed by atoms with Gasteiger partial charge in [-0.1, -0.05) is 42.5 Å². The van der Waals surface area contributed by atoms with Crippen LogP contribution in [0.25, 0.3) is 10.8 Å².